The highest BCUT2D eigenvalue weighted by molar-refractivity contribution is 6.76. The number of hydrogen-bond donors (Lipinski definition) is 2. The second kappa shape index (κ2) is 10.8. The third-order valence-electron chi connectivity index (χ3n) is 8.55. The summed E-state index contributed by atoms with van der Waals surface area (Å²) in [4.78, 5) is 25.2. The average molecular weight is 564 g/mol. The fraction of sp³-hybridized carbons (Fsp3) is 0.586. The van der Waals surface area contributed by atoms with Gasteiger partial charge in [-0.05, 0) is 54.8 Å². The number of carbonyl (C=O) groups excluding carboxylic acids is 1. The van der Waals surface area contributed by atoms with Gasteiger partial charge in [-0.25, -0.2) is 14.6 Å². The molecule has 0 bridgehead atoms. The number of fused-ring (bicyclic) bond motifs is 2. The Hall–Kier alpha value is -3.02. The Morgan fingerprint density at radius 1 is 1.23 bits per heavy atom. The third kappa shape index (κ3) is 5.73. The van der Waals surface area contributed by atoms with E-state index in [0.29, 0.717) is 24.4 Å². The number of aliphatic hydroxyl groups is 1. The molecule has 2 fully saturated rings. The molecule has 4 heterocycles. The van der Waals surface area contributed by atoms with Gasteiger partial charge >= 0.3 is 0 Å². The minimum atomic E-state index is -1.24. The molecule has 3 aromatic heterocycles. The molecule has 214 valence electrons. The molecule has 40 heavy (non-hydrogen) atoms. The highest BCUT2D eigenvalue weighted by Gasteiger charge is 2.45. The van der Waals surface area contributed by atoms with Crippen LogP contribution in [0.25, 0.3) is 0 Å². The second-order valence-electron chi connectivity index (χ2n) is 12.9. The Labute approximate surface area is 236 Å². The number of pyridine rings is 1. The number of amides is 1. The van der Waals surface area contributed by atoms with Gasteiger partial charge in [0, 0.05) is 46.9 Å². The van der Waals surface area contributed by atoms with Crippen LogP contribution in [-0.2, 0) is 38.0 Å². The molecule has 6 rings (SSSR count). The molecular weight excluding hydrogens is 522 g/mol. The van der Waals surface area contributed by atoms with Gasteiger partial charge in [0.1, 0.15) is 18.2 Å². The first-order chi connectivity index (χ1) is 19.2. The molecule has 0 spiro atoms. The SMILES string of the molecule is Cn1cnc2c1CC[C@H]2NC(=O)c1cc(Cc2ccc(N3CC4CC4C3)nc2CO)nn1COCC[Si](C)(C)C. The molecule has 1 saturated carbocycles. The summed E-state index contributed by atoms with van der Waals surface area (Å²) in [5.41, 5.74) is 4.92. The zero-order valence-corrected chi connectivity index (χ0v) is 25.1. The molecule has 2 unspecified atom stereocenters. The van der Waals surface area contributed by atoms with Crippen LogP contribution in [-0.4, -0.2) is 63.1 Å². The van der Waals surface area contributed by atoms with Crippen LogP contribution in [0.2, 0.25) is 25.7 Å². The predicted molar refractivity (Wildman–Crippen MR) is 155 cm³/mol. The molecule has 1 amide bonds. The molecule has 1 saturated heterocycles. The summed E-state index contributed by atoms with van der Waals surface area (Å²) in [6.45, 7) is 9.80. The van der Waals surface area contributed by atoms with Crippen LogP contribution >= 0.6 is 0 Å². The summed E-state index contributed by atoms with van der Waals surface area (Å²) in [6, 6.07) is 6.87. The van der Waals surface area contributed by atoms with Crippen molar-refractivity contribution in [3.63, 3.8) is 0 Å². The third-order valence-corrected chi connectivity index (χ3v) is 10.3. The van der Waals surface area contributed by atoms with Gasteiger partial charge in [0.05, 0.1) is 36.1 Å². The summed E-state index contributed by atoms with van der Waals surface area (Å²) >= 11 is 0. The Morgan fingerprint density at radius 2 is 2.02 bits per heavy atom. The number of anilines is 1. The van der Waals surface area contributed by atoms with Crippen LogP contribution in [0.15, 0.2) is 24.5 Å². The molecule has 3 atom stereocenters. The van der Waals surface area contributed by atoms with E-state index in [4.69, 9.17) is 14.8 Å². The number of carbonyl (C=O) groups is 1. The number of hydrogen-bond acceptors (Lipinski definition) is 7. The van der Waals surface area contributed by atoms with Crippen molar-refractivity contribution < 1.29 is 14.6 Å². The van der Waals surface area contributed by atoms with Gasteiger partial charge in [-0.3, -0.25) is 4.79 Å². The molecule has 0 aromatic carbocycles. The largest absolute Gasteiger partial charge is 0.390 e. The molecule has 3 aliphatic rings. The van der Waals surface area contributed by atoms with Crippen molar-refractivity contribution in [3.8, 4) is 0 Å². The minimum Gasteiger partial charge on any atom is -0.390 e. The fourth-order valence-electron chi connectivity index (χ4n) is 6.00. The monoisotopic (exact) mass is 563 g/mol. The van der Waals surface area contributed by atoms with E-state index in [1.807, 2.05) is 36.1 Å². The summed E-state index contributed by atoms with van der Waals surface area (Å²) in [5.74, 6) is 2.38. The summed E-state index contributed by atoms with van der Waals surface area (Å²) in [5, 5.41) is 18.1. The van der Waals surface area contributed by atoms with E-state index in [1.165, 1.54) is 12.1 Å². The maximum Gasteiger partial charge on any atom is 0.270 e. The van der Waals surface area contributed by atoms with Crippen molar-refractivity contribution in [2.45, 2.75) is 70.7 Å². The number of piperidine rings is 1. The Bertz CT molecular complexity index is 1380. The first-order valence-corrected chi connectivity index (χ1v) is 18.2. The van der Waals surface area contributed by atoms with Crippen LogP contribution < -0.4 is 10.2 Å². The quantitative estimate of drug-likeness (QED) is 0.272. The van der Waals surface area contributed by atoms with E-state index < -0.39 is 8.07 Å². The molecular formula is C29H41N7O3Si. The first kappa shape index (κ1) is 27.2. The Balaban J connectivity index is 1.20. The van der Waals surface area contributed by atoms with Crippen LogP contribution in [0.1, 0.15) is 57.7 Å². The number of nitrogens with one attached hydrogen (secondary N) is 1. The van der Waals surface area contributed by atoms with Crippen molar-refractivity contribution in [1.29, 1.82) is 0 Å². The van der Waals surface area contributed by atoms with E-state index in [2.05, 4.69) is 34.8 Å². The lowest BCUT2D eigenvalue weighted by molar-refractivity contribution is 0.0714. The average Bonchev–Trinajstić information content (AvgIpc) is 3.32. The summed E-state index contributed by atoms with van der Waals surface area (Å²) < 4.78 is 9.69. The van der Waals surface area contributed by atoms with E-state index in [1.54, 1.807) is 4.68 Å². The van der Waals surface area contributed by atoms with Crippen LogP contribution in [0.5, 0.6) is 0 Å². The van der Waals surface area contributed by atoms with Crippen LogP contribution in [0.3, 0.4) is 0 Å². The number of aromatic nitrogens is 5. The van der Waals surface area contributed by atoms with Gasteiger partial charge in [0.2, 0.25) is 0 Å². The number of nitrogens with zero attached hydrogens (tertiary/aromatic N) is 6. The molecule has 1 aliphatic heterocycles. The summed E-state index contributed by atoms with van der Waals surface area (Å²) in [7, 11) is 0.754. The fourth-order valence-corrected chi connectivity index (χ4v) is 6.76. The molecule has 2 N–H and O–H groups in total. The predicted octanol–water partition coefficient (Wildman–Crippen LogP) is 3.28. The maximum absolute atomic E-state index is 13.5. The molecule has 10 nitrogen and oxygen atoms in total. The molecule has 11 heteroatoms. The number of aryl methyl sites for hydroxylation is 1. The highest BCUT2D eigenvalue weighted by atomic mass is 28.3. The standard InChI is InChI=1S/C29H41N7O3Si/c1-34-17-30-28-23(6-7-25(28)34)32-29(38)26-13-22(33-36(26)18-39-9-10-40(2,3)4)12-19-5-8-27(31-24(19)16-37)35-14-20-11-21(20)15-35/h5,8,13,17,20-21,23,37H,6-7,9-12,14-16,18H2,1-4H3,(H,32,38)/t20?,21?,23-/m1/s1. The minimum absolute atomic E-state index is 0.113. The lowest BCUT2D eigenvalue weighted by Gasteiger charge is -2.20. The number of rotatable bonds is 11. The number of ether oxygens (including phenoxy) is 1. The van der Waals surface area contributed by atoms with Gasteiger partial charge in [0.15, 0.2) is 0 Å². The zero-order valence-electron chi connectivity index (χ0n) is 24.1. The summed E-state index contributed by atoms with van der Waals surface area (Å²) in [6.07, 6.45) is 5.35. The van der Waals surface area contributed by atoms with E-state index >= 15 is 0 Å². The first-order valence-electron chi connectivity index (χ1n) is 14.5. The van der Waals surface area contributed by atoms with Gasteiger partial charge < -0.3 is 24.6 Å². The van der Waals surface area contributed by atoms with Gasteiger partial charge in [-0.2, -0.15) is 5.10 Å². The molecule has 0 radical (unpaired) electrons. The topological polar surface area (TPSA) is 110 Å². The van der Waals surface area contributed by atoms with Gasteiger partial charge in [0.25, 0.3) is 5.91 Å². The van der Waals surface area contributed by atoms with E-state index in [9.17, 15) is 9.90 Å². The van der Waals surface area contributed by atoms with Crippen molar-refractivity contribution in [1.82, 2.24) is 29.6 Å². The van der Waals surface area contributed by atoms with Gasteiger partial charge in [-0.15, -0.1) is 0 Å². The van der Waals surface area contributed by atoms with Crippen LogP contribution in [0.4, 0.5) is 5.82 Å². The zero-order chi connectivity index (χ0) is 28.0. The lowest BCUT2D eigenvalue weighted by Crippen LogP contribution is -2.30. The van der Waals surface area contributed by atoms with Crippen LogP contribution in [0, 0.1) is 11.8 Å². The maximum atomic E-state index is 13.5. The normalized spacial score (nSPS) is 21.5. The van der Waals surface area contributed by atoms with Crippen molar-refractivity contribution in [2.24, 2.45) is 18.9 Å². The highest BCUT2D eigenvalue weighted by Crippen LogP contribution is 2.46. The number of aliphatic hydroxyl groups excluding tert-OH is 1. The number of imidazole rings is 1. The van der Waals surface area contributed by atoms with Gasteiger partial charge in [-0.1, -0.05) is 25.7 Å². The lowest BCUT2D eigenvalue weighted by atomic mass is 10.1. The van der Waals surface area contributed by atoms with E-state index in [-0.39, 0.29) is 25.3 Å². The Kier molecular flexibility index (Phi) is 7.30. The molecule has 3 aromatic rings. The second-order valence-corrected chi connectivity index (χ2v) is 18.5. The Morgan fingerprint density at radius 3 is 2.77 bits per heavy atom. The smallest absolute Gasteiger partial charge is 0.270 e. The van der Waals surface area contributed by atoms with Crippen molar-refractivity contribution in [2.75, 3.05) is 24.6 Å². The van der Waals surface area contributed by atoms with Crippen molar-refractivity contribution >= 4 is 19.8 Å². The van der Waals surface area contributed by atoms with E-state index in [0.717, 1.165) is 66.6 Å². The molecule has 2 aliphatic carbocycles. The van der Waals surface area contributed by atoms with Crippen molar-refractivity contribution in [3.05, 3.63) is 58.6 Å².